The fraction of sp³-hybridized carbons (Fsp3) is 0.800. The SMILES string of the molecule is CCc1nn(C)c(CC(N)C(C)(C)N2CCCC2)c1Cl. The molecule has 0 bridgehead atoms. The Bertz CT molecular complexity index is 461. The monoisotopic (exact) mass is 298 g/mol. The minimum Gasteiger partial charge on any atom is -0.326 e. The molecule has 2 N–H and O–H groups in total. The van der Waals surface area contributed by atoms with Gasteiger partial charge >= 0.3 is 0 Å². The maximum absolute atomic E-state index is 6.51. The van der Waals surface area contributed by atoms with Gasteiger partial charge in [-0.15, -0.1) is 0 Å². The third-order valence-corrected chi connectivity index (χ3v) is 5.18. The molecule has 1 unspecified atom stereocenters. The van der Waals surface area contributed by atoms with Gasteiger partial charge in [0.25, 0.3) is 0 Å². The number of aromatic nitrogens is 2. The lowest BCUT2D eigenvalue weighted by molar-refractivity contribution is 0.123. The Morgan fingerprint density at radius 3 is 2.45 bits per heavy atom. The molecule has 114 valence electrons. The highest BCUT2D eigenvalue weighted by Crippen LogP contribution is 2.28. The molecule has 1 fully saturated rings. The van der Waals surface area contributed by atoms with Gasteiger partial charge in [-0.2, -0.15) is 5.10 Å². The van der Waals surface area contributed by atoms with Crippen molar-refractivity contribution in [3.05, 3.63) is 16.4 Å². The van der Waals surface area contributed by atoms with Gasteiger partial charge in [-0.25, -0.2) is 0 Å². The average Bonchev–Trinajstić information content (AvgIpc) is 3.02. The summed E-state index contributed by atoms with van der Waals surface area (Å²) in [6.45, 7) is 8.87. The zero-order chi connectivity index (χ0) is 14.9. The zero-order valence-corrected chi connectivity index (χ0v) is 13.9. The number of hydrogen-bond acceptors (Lipinski definition) is 3. The first-order valence-electron chi connectivity index (χ1n) is 7.58. The van der Waals surface area contributed by atoms with E-state index >= 15 is 0 Å². The van der Waals surface area contributed by atoms with Gasteiger partial charge in [0.1, 0.15) is 0 Å². The first-order valence-corrected chi connectivity index (χ1v) is 7.96. The molecule has 4 nitrogen and oxygen atoms in total. The van der Waals surface area contributed by atoms with Crippen molar-refractivity contribution >= 4 is 11.6 Å². The van der Waals surface area contributed by atoms with Crippen molar-refractivity contribution in [3.8, 4) is 0 Å². The van der Waals surface area contributed by atoms with Gasteiger partial charge in [0.2, 0.25) is 0 Å². The molecule has 2 rings (SSSR count). The minimum absolute atomic E-state index is 0.00350. The van der Waals surface area contributed by atoms with Crippen LogP contribution in [0.3, 0.4) is 0 Å². The van der Waals surface area contributed by atoms with Gasteiger partial charge in [0.15, 0.2) is 0 Å². The molecule has 1 aliphatic heterocycles. The maximum Gasteiger partial charge on any atom is 0.0850 e. The van der Waals surface area contributed by atoms with Crippen LogP contribution in [0.1, 0.15) is 45.0 Å². The molecule has 1 saturated heterocycles. The van der Waals surface area contributed by atoms with Crippen LogP contribution in [0.4, 0.5) is 0 Å². The van der Waals surface area contributed by atoms with Crippen molar-refractivity contribution in [2.45, 2.75) is 58.0 Å². The van der Waals surface area contributed by atoms with E-state index in [4.69, 9.17) is 17.3 Å². The molecule has 1 aromatic heterocycles. The van der Waals surface area contributed by atoms with Gasteiger partial charge in [-0.1, -0.05) is 18.5 Å². The molecule has 0 amide bonds. The van der Waals surface area contributed by atoms with Crippen LogP contribution in [-0.4, -0.2) is 39.4 Å². The zero-order valence-electron chi connectivity index (χ0n) is 13.1. The molecule has 0 aliphatic carbocycles. The lowest BCUT2D eigenvalue weighted by Crippen LogP contribution is -2.56. The lowest BCUT2D eigenvalue weighted by Gasteiger charge is -2.40. The molecule has 2 heterocycles. The lowest BCUT2D eigenvalue weighted by atomic mass is 9.89. The summed E-state index contributed by atoms with van der Waals surface area (Å²) in [7, 11) is 1.95. The largest absolute Gasteiger partial charge is 0.326 e. The number of hydrogen-bond donors (Lipinski definition) is 1. The van der Waals surface area contributed by atoms with Crippen LogP contribution in [-0.2, 0) is 19.9 Å². The molecular weight excluding hydrogens is 272 g/mol. The molecule has 0 saturated carbocycles. The molecule has 0 radical (unpaired) electrons. The predicted octanol–water partition coefficient (Wildman–Crippen LogP) is 2.38. The van der Waals surface area contributed by atoms with Crippen LogP contribution in [0.5, 0.6) is 0 Å². The number of halogens is 1. The molecule has 20 heavy (non-hydrogen) atoms. The summed E-state index contributed by atoms with van der Waals surface area (Å²) in [6, 6.07) is 0.0539. The topological polar surface area (TPSA) is 47.1 Å². The standard InChI is InChI=1S/C15H27ClN4/c1-5-11-14(16)12(19(4)18-11)10-13(17)15(2,3)20-8-6-7-9-20/h13H,5-10,17H2,1-4H3. The smallest absolute Gasteiger partial charge is 0.0850 e. The van der Waals surface area contributed by atoms with Crippen molar-refractivity contribution in [3.63, 3.8) is 0 Å². The van der Waals surface area contributed by atoms with Crippen LogP contribution in [0.15, 0.2) is 0 Å². The second-order valence-electron chi connectivity index (χ2n) is 6.34. The van der Waals surface area contributed by atoms with E-state index in [0.717, 1.165) is 42.3 Å². The Balaban J connectivity index is 2.14. The molecular formula is C15H27ClN4. The van der Waals surface area contributed by atoms with E-state index in [0.29, 0.717) is 0 Å². The molecule has 0 aromatic carbocycles. The second-order valence-corrected chi connectivity index (χ2v) is 6.72. The predicted molar refractivity (Wildman–Crippen MR) is 84.2 cm³/mol. The van der Waals surface area contributed by atoms with E-state index in [1.165, 1.54) is 12.8 Å². The summed E-state index contributed by atoms with van der Waals surface area (Å²) >= 11 is 6.43. The molecule has 1 aromatic rings. The summed E-state index contributed by atoms with van der Waals surface area (Å²) < 4.78 is 1.89. The summed E-state index contributed by atoms with van der Waals surface area (Å²) in [5, 5.41) is 5.27. The van der Waals surface area contributed by atoms with Crippen molar-refractivity contribution in [1.29, 1.82) is 0 Å². The first-order chi connectivity index (χ1) is 9.37. The quantitative estimate of drug-likeness (QED) is 0.908. The van der Waals surface area contributed by atoms with E-state index in [-0.39, 0.29) is 11.6 Å². The van der Waals surface area contributed by atoms with Gasteiger partial charge in [0, 0.05) is 25.0 Å². The van der Waals surface area contributed by atoms with Crippen LogP contribution in [0, 0.1) is 0 Å². The maximum atomic E-state index is 6.51. The fourth-order valence-electron chi connectivity index (χ4n) is 3.03. The van der Waals surface area contributed by atoms with Crippen molar-refractivity contribution in [2.75, 3.05) is 13.1 Å². The van der Waals surface area contributed by atoms with Gasteiger partial charge in [0.05, 0.1) is 16.4 Å². The summed E-state index contributed by atoms with van der Waals surface area (Å²) in [5.74, 6) is 0. The van der Waals surface area contributed by atoms with E-state index < -0.39 is 0 Å². The minimum atomic E-state index is -0.00350. The Hall–Kier alpha value is -0.580. The van der Waals surface area contributed by atoms with Crippen LogP contribution in [0.25, 0.3) is 0 Å². The van der Waals surface area contributed by atoms with Crippen molar-refractivity contribution in [2.24, 2.45) is 12.8 Å². The van der Waals surface area contributed by atoms with E-state index in [1.54, 1.807) is 0 Å². The third kappa shape index (κ3) is 2.87. The van der Waals surface area contributed by atoms with Gasteiger partial charge < -0.3 is 5.73 Å². The number of nitrogens with zero attached hydrogens (tertiary/aromatic N) is 3. The Labute approximate surface area is 127 Å². The Morgan fingerprint density at radius 1 is 1.35 bits per heavy atom. The van der Waals surface area contributed by atoms with Gasteiger partial charge in [-0.05, 0) is 46.2 Å². The molecule has 1 atom stereocenters. The summed E-state index contributed by atoms with van der Waals surface area (Å²) in [4.78, 5) is 2.50. The van der Waals surface area contributed by atoms with Crippen molar-refractivity contribution < 1.29 is 0 Å². The van der Waals surface area contributed by atoms with E-state index in [9.17, 15) is 0 Å². The number of aryl methyl sites for hydroxylation is 2. The number of likely N-dealkylation sites (tertiary alicyclic amines) is 1. The third-order valence-electron chi connectivity index (χ3n) is 4.74. The number of rotatable bonds is 5. The first kappa shape index (κ1) is 15.8. The summed E-state index contributed by atoms with van der Waals surface area (Å²) in [5.41, 5.74) is 8.53. The average molecular weight is 299 g/mol. The van der Waals surface area contributed by atoms with Crippen LogP contribution < -0.4 is 5.73 Å². The van der Waals surface area contributed by atoms with Crippen LogP contribution >= 0.6 is 11.6 Å². The van der Waals surface area contributed by atoms with E-state index in [1.807, 2.05) is 11.7 Å². The highest BCUT2D eigenvalue weighted by Gasteiger charge is 2.35. The normalized spacial score (nSPS) is 18.7. The van der Waals surface area contributed by atoms with Crippen molar-refractivity contribution in [1.82, 2.24) is 14.7 Å². The highest BCUT2D eigenvalue weighted by atomic mass is 35.5. The van der Waals surface area contributed by atoms with E-state index in [2.05, 4.69) is 30.8 Å². The second kappa shape index (κ2) is 6.04. The van der Waals surface area contributed by atoms with Crippen LogP contribution in [0.2, 0.25) is 5.02 Å². The molecule has 5 heteroatoms. The van der Waals surface area contributed by atoms with Gasteiger partial charge in [-0.3, -0.25) is 9.58 Å². The summed E-state index contributed by atoms with van der Waals surface area (Å²) in [6.07, 6.45) is 4.19. The Kier molecular flexibility index (Phi) is 4.77. The highest BCUT2D eigenvalue weighted by molar-refractivity contribution is 6.31. The molecule has 0 spiro atoms. The molecule has 1 aliphatic rings. The Morgan fingerprint density at radius 2 is 1.95 bits per heavy atom. The fourth-order valence-corrected chi connectivity index (χ4v) is 3.40. The number of nitrogens with two attached hydrogens (primary N) is 1.